The molecule has 8 nitrogen and oxygen atoms in total. The van der Waals surface area contributed by atoms with Crippen LogP contribution in [-0.4, -0.2) is 49.9 Å². The largest absolute Gasteiger partial charge is 0.426 e. The van der Waals surface area contributed by atoms with Crippen molar-refractivity contribution in [3.63, 3.8) is 0 Å². The van der Waals surface area contributed by atoms with E-state index in [9.17, 15) is 36.2 Å². The number of rotatable bonds is 1. The van der Waals surface area contributed by atoms with Gasteiger partial charge in [0, 0.05) is 12.6 Å². The van der Waals surface area contributed by atoms with Crippen molar-refractivity contribution in [2.75, 3.05) is 12.3 Å². The van der Waals surface area contributed by atoms with Gasteiger partial charge in [0.15, 0.2) is 5.69 Å². The molecule has 1 amide bonds. The lowest BCUT2D eigenvalue weighted by molar-refractivity contribution is -0.277. The van der Waals surface area contributed by atoms with Gasteiger partial charge < -0.3 is 20.2 Å². The van der Waals surface area contributed by atoms with Crippen LogP contribution in [0.5, 0.6) is 0 Å². The lowest BCUT2D eigenvalue weighted by Crippen LogP contribution is -2.56. The zero-order valence-corrected chi connectivity index (χ0v) is 19.6. The van der Waals surface area contributed by atoms with Crippen molar-refractivity contribution in [3.8, 4) is 11.6 Å². The molecule has 3 heterocycles. The van der Waals surface area contributed by atoms with Crippen molar-refractivity contribution in [1.82, 2.24) is 20.1 Å². The van der Waals surface area contributed by atoms with Crippen LogP contribution in [0.2, 0.25) is 0 Å². The van der Waals surface area contributed by atoms with E-state index < -0.39 is 64.7 Å². The number of carbonyl (C=O) groups excluding carboxylic acids is 1. The molecule has 1 unspecified atom stereocenters. The molecule has 202 valence electrons. The van der Waals surface area contributed by atoms with E-state index >= 15 is 0 Å². The second kappa shape index (κ2) is 8.57. The smallest absolute Gasteiger partial charge is 0.416 e. The molecule has 3 N–H and O–H groups in total. The van der Waals surface area contributed by atoms with Gasteiger partial charge in [-0.1, -0.05) is 12.8 Å². The van der Waals surface area contributed by atoms with E-state index in [0.717, 1.165) is 19.3 Å². The van der Waals surface area contributed by atoms with Crippen LogP contribution < -0.4 is 5.73 Å². The predicted octanol–water partition coefficient (Wildman–Crippen LogP) is 4.83. The van der Waals surface area contributed by atoms with Gasteiger partial charge in [0.1, 0.15) is 5.69 Å². The third-order valence-corrected chi connectivity index (χ3v) is 7.90. The fourth-order valence-corrected chi connectivity index (χ4v) is 5.61. The van der Waals surface area contributed by atoms with Gasteiger partial charge in [0.05, 0.1) is 11.3 Å². The maximum absolute atomic E-state index is 13.9. The number of aliphatic hydroxyl groups is 1. The zero-order valence-electron chi connectivity index (χ0n) is 19.6. The number of nitrogen functional groups attached to an aromatic ring is 1. The van der Waals surface area contributed by atoms with Crippen LogP contribution in [0.3, 0.4) is 0 Å². The number of hydrogen-bond acceptors (Lipinski definition) is 7. The topological polar surface area (TPSA) is 118 Å². The summed E-state index contributed by atoms with van der Waals surface area (Å²) in [5.41, 5.74) is -1.08. The third-order valence-electron chi connectivity index (χ3n) is 7.90. The second-order valence-corrected chi connectivity index (χ2v) is 10.3. The quantitative estimate of drug-likeness (QED) is 0.504. The van der Waals surface area contributed by atoms with Gasteiger partial charge in [0.2, 0.25) is 5.60 Å². The molecule has 2 aliphatic carbocycles. The molecule has 1 spiro atoms. The molecule has 2 aromatic heterocycles. The normalized spacial score (nSPS) is 24.9. The summed E-state index contributed by atoms with van der Waals surface area (Å²) in [6.45, 7) is 0.0428. The number of nitrogens with zero attached hydrogens (tertiary/aromatic N) is 4. The molecular weight excluding hydrogens is 508 g/mol. The van der Waals surface area contributed by atoms with E-state index in [1.165, 1.54) is 4.90 Å². The number of nitrogens with two attached hydrogens (primary N) is 1. The van der Waals surface area contributed by atoms with E-state index in [4.69, 9.17) is 10.2 Å². The molecule has 0 saturated heterocycles. The fraction of sp³-hybridized carbons (Fsp3) is 0.652. The highest BCUT2D eigenvalue weighted by atomic mass is 19.4. The number of anilines is 1. The maximum atomic E-state index is 13.9. The summed E-state index contributed by atoms with van der Waals surface area (Å²) in [5, 5.41) is 17.3. The summed E-state index contributed by atoms with van der Waals surface area (Å²) in [5.74, 6) is -2.85. The van der Waals surface area contributed by atoms with E-state index in [1.54, 1.807) is 0 Å². The Morgan fingerprint density at radius 1 is 1.00 bits per heavy atom. The minimum atomic E-state index is -5.16. The first-order valence-electron chi connectivity index (χ1n) is 12.1. The number of amides is 1. The number of aromatic nitrogens is 3. The van der Waals surface area contributed by atoms with Crippen molar-refractivity contribution in [2.45, 2.75) is 81.8 Å². The van der Waals surface area contributed by atoms with Crippen LogP contribution in [-0.2, 0) is 11.8 Å². The van der Waals surface area contributed by atoms with Crippen LogP contribution >= 0.6 is 0 Å². The van der Waals surface area contributed by atoms with Crippen molar-refractivity contribution in [1.29, 1.82) is 0 Å². The van der Waals surface area contributed by atoms with Gasteiger partial charge in [-0.2, -0.15) is 26.3 Å². The first kappa shape index (κ1) is 25.7. The Morgan fingerprint density at radius 3 is 2.30 bits per heavy atom. The Morgan fingerprint density at radius 2 is 1.70 bits per heavy atom. The van der Waals surface area contributed by atoms with Crippen LogP contribution in [0.1, 0.15) is 79.7 Å². The number of hydrogen-bond donors (Lipinski definition) is 2. The summed E-state index contributed by atoms with van der Waals surface area (Å²) in [4.78, 5) is 18.8. The van der Waals surface area contributed by atoms with Gasteiger partial charge in [-0.3, -0.25) is 4.79 Å². The molecule has 5 rings (SSSR count). The first-order valence-corrected chi connectivity index (χ1v) is 12.1. The molecule has 2 saturated carbocycles. The highest BCUT2D eigenvalue weighted by molar-refractivity contribution is 5.95. The molecule has 1 atom stereocenters. The van der Waals surface area contributed by atoms with Crippen LogP contribution in [0.15, 0.2) is 10.5 Å². The molecule has 1 aliphatic heterocycles. The Kier molecular flexibility index (Phi) is 5.96. The van der Waals surface area contributed by atoms with Crippen molar-refractivity contribution < 1.29 is 40.7 Å². The van der Waals surface area contributed by atoms with Gasteiger partial charge in [0.25, 0.3) is 17.7 Å². The summed E-state index contributed by atoms with van der Waals surface area (Å²) >= 11 is 0. The number of fused-ring (bicyclic) bond motifs is 5. The van der Waals surface area contributed by atoms with Gasteiger partial charge >= 0.3 is 12.4 Å². The van der Waals surface area contributed by atoms with E-state index in [1.807, 2.05) is 0 Å². The minimum Gasteiger partial charge on any atom is -0.416 e. The predicted molar refractivity (Wildman–Crippen MR) is 116 cm³/mol. The average molecular weight is 533 g/mol. The molecule has 37 heavy (non-hydrogen) atoms. The summed E-state index contributed by atoms with van der Waals surface area (Å²) in [7, 11) is 0. The van der Waals surface area contributed by atoms with E-state index in [0.29, 0.717) is 18.9 Å². The molecule has 2 fully saturated rings. The average Bonchev–Trinajstić information content (AvgIpc) is 3.23. The van der Waals surface area contributed by atoms with E-state index in [-0.39, 0.29) is 37.3 Å². The second-order valence-electron chi connectivity index (χ2n) is 10.3. The highest BCUT2D eigenvalue weighted by Gasteiger charge is 2.58. The molecule has 0 aromatic carbocycles. The minimum absolute atomic E-state index is 0.0428. The molecular formula is C23H25F6N5O3. The lowest BCUT2D eigenvalue weighted by Gasteiger charge is -2.57. The number of carbonyl (C=O) groups is 1. The molecule has 2 aromatic rings. The zero-order chi connectivity index (χ0) is 26.8. The summed E-state index contributed by atoms with van der Waals surface area (Å²) < 4.78 is 88.4. The Bertz CT molecular complexity index is 1200. The maximum Gasteiger partial charge on any atom is 0.426 e. The number of alkyl halides is 6. The monoisotopic (exact) mass is 533 g/mol. The van der Waals surface area contributed by atoms with Crippen molar-refractivity contribution >= 4 is 11.6 Å². The number of halogens is 6. The Labute approximate surface area is 207 Å². The number of pyridine rings is 1. The van der Waals surface area contributed by atoms with Crippen LogP contribution in [0.25, 0.3) is 11.6 Å². The van der Waals surface area contributed by atoms with Crippen LogP contribution in [0.4, 0.5) is 32.0 Å². The standard InChI is InChI=1S/C23H25F6N5O3/c24-22(25,26)13-9-14(30)16-17-32-33-19(37-17)21(36,23(27,28)29)7-2-1-3-8-34(18(35)15(13)31-16)12-10-20(11-12)5-4-6-20/h9,12,36H,1-8,10-11,30H2. The highest BCUT2D eigenvalue weighted by Crippen LogP contribution is 2.57. The molecule has 14 heteroatoms. The SMILES string of the molecule is Nc1cc(C(F)(F)F)c2nc1-c1nnc(o1)C(O)(C(F)(F)F)CCCCCN(C1CC3(CCC3)C1)C2=O. The van der Waals surface area contributed by atoms with Crippen LogP contribution in [0, 0.1) is 5.41 Å². The first-order chi connectivity index (χ1) is 17.2. The summed E-state index contributed by atoms with van der Waals surface area (Å²) in [6, 6.07) is 0.194. The fourth-order valence-electron chi connectivity index (χ4n) is 5.61. The molecule has 0 radical (unpaired) electrons. The molecule has 3 aliphatic rings. The lowest BCUT2D eigenvalue weighted by atomic mass is 9.54. The summed E-state index contributed by atoms with van der Waals surface area (Å²) in [6.07, 6.45) is -6.26. The Balaban J connectivity index is 1.61. The van der Waals surface area contributed by atoms with Gasteiger partial charge in [-0.15, -0.1) is 10.2 Å². The van der Waals surface area contributed by atoms with Crippen molar-refractivity contribution in [3.05, 3.63) is 23.2 Å². The molecule has 4 bridgehead atoms. The van der Waals surface area contributed by atoms with Crippen molar-refractivity contribution in [2.24, 2.45) is 5.41 Å². The third kappa shape index (κ3) is 4.32. The van der Waals surface area contributed by atoms with Gasteiger partial charge in [-0.05, 0) is 56.4 Å². The Hall–Kier alpha value is -2.90. The van der Waals surface area contributed by atoms with Gasteiger partial charge in [-0.25, -0.2) is 4.98 Å². The van der Waals surface area contributed by atoms with E-state index in [2.05, 4.69) is 15.2 Å².